The van der Waals surface area contributed by atoms with Gasteiger partial charge in [-0.05, 0) is 56.1 Å². The maximum absolute atomic E-state index is 12.2. The molecule has 24 heavy (non-hydrogen) atoms. The van der Waals surface area contributed by atoms with E-state index in [0.717, 1.165) is 31.2 Å². The van der Waals surface area contributed by atoms with Crippen molar-refractivity contribution in [3.63, 3.8) is 0 Å². The Morgan fingerprint density at radius 1 is 1.33 bits per heavy atom. The number of rotatable bonds is 4. The summed E-state index contributed by atoms with van der Waals surface area (Å²) >= 11 is 1.47. The minimum atomic E-state index is -0.155. The summed E-state index contributed by atoms with van der Waals surface area (Å²) in [4.78, 5) is 19.1. The molecule has 0 aliphatic carbocycles. The average molecular weight is 367 g/mol. The van der Waals surface area contributed by atoms with E-state index in [1.807, 2.05) is 5.38 Å². The summed E-state index contributed by atoms with van der Waals surface area (Å²) in [7, 11) is 0. The van der Waals surface area contributed by atoms with Crippen LogP contribution < -0.4 is 11.1 Å². The lowest BCUT2D eigenvalue weighted by Gasteiger charge is -2.29. The molecule has 3 N–H and O–H groups in total. The summed E-state index contributed by atoms with van der Waals surface area (Å²) < 4.78 is 0. The van der Waals surface area contributed by atoms with Crippen LogP contribution in [0.25, 0.3) is 0 Å². The van der Waals surface area contributed by atoms with E-state index in [1.165, 1.54) is 24.2 Å². The maximum Gasteiger partial charge on any atom is 0.257 e. The first-order valence-corrected chi connectivity index (χ1v) is 8.82. The van der Waals surface area contributed by atoms with Gasteiger partial charge in [0.15, 0.2) is 5.13 Å². The average Bonchev–Trinajstić information content (AvgIpc) is 2.97. The molecule has 2 aromatic rings. The number of hydrogen-bond donors (Lipinski definition) is 2. The lowest BCUT2D eigenvalue weighted by atomic mass is 9.99. The van der Waals surface area contributed by atoms with Crippen molar-refractivity contribution in [2.45, 2.75) is 26.3 Å². The zero-order chi connectivity index (χ0) is 16.2. The number of hydrogen-bond acceptors (Lipinski definition) is 5. The van der Waals surface area contributed by atoms with Gasteiger partial charge in [-0.15, -0.1) is 23.7 Å². The molecule has 130 valence electrons. The zero-order valence-corrected chi connectivity index (χ0v) is 15.3. The van der Waals surface area contributed by atoms with Crippen molar-refractivity contribution in [1.82, 2.24) is 9.88 Å². The monoisotopic (exact) mass is 366 g/mol. The molecule has 1 aromatic heterocycles. The zero-order valence-electron chi connectivity index (χ0n) is 13.7. The van der Waals surface area contributed by atoms with Crippen LogP contribution >= 0.6 is 23.7 Å². The molecule has 3 rings (SSSR count). The van der Waals surface area contributed by atoms with Gasteiger partial charge in [-0.3, -0.25) is 15.0 Å². The number of halogens is 1. The molecule has 7 heteroatoms. The van der Waals surface area contributed by atoms with Crippen LogP contribution in [-0.4, -0.2) is 28.9 Å². The van der Waals surface area contributed by atoms with Crippen LogP contribution in [0.5, 0.6) is 0 Å². The summed E-state index contributed by atoms with van der Waals surface area (Å²) in [6.45, 7) is 5.43. The molecule has 1 aliphatic heterocycles. The lowest BCUT2D eigenvalue weighted by Crippen LogP contribution is -2.32. The molecule has 1 aromatic carbocycles. The highest BCUT2D eigenvalue weighted by Crippen LogP contribution is 2.21. The highest BCUT2D eigenvalue weighted by atomic mass is 35.5. The number of nitrogens with two attached hydrogens (primary N) is 1. The quantitative estimate of drug-likeness (QED) is 0.810. The Labute approximate surface area is 152 Å². The first-order valence-electron chi connectivity index (χ1n) is 7.94. The molecule has 0 saturated carbocycles. The van der Waals surface area contributed by atoms with Gasteiger partial charge in [0.2, 0.25) is 0 Å². The molecule has 0 radical (unpaired) electrons. The standard InChI is InChI=1S/C17H22N4OS.ClH/c1-12-6-8-21(9-7-12)10-15-11-23-17(19-15)20-16(22)13-2-4-14(18)5-3-13;/h2-5,11-12H,6-10,18H2,1H3,(H,19,20,22);1H. The fourth-order valence-corrected chi connectivity index (χ4v) is 3.39. The second kappa shape index (κ2) is 8.46. The Morgan fingerprint density at radius 2 is 2.00 bits per heavy atom. The molecule has 0 bridgehead atoms. The van der Waals surface area contributed by atoms with E-state index >= 15 is 0 Å². The molecule has 5 nitrogen and oxygen atoms in total. The fraction of sp³-hybridized carbons (Fsp3) is 0.412. The van der Waals surface area contributed by atoms with Crippen LogP contribution in [0.1, 0.15) is 35.8 Å². The van der Waals surface area contributed by atoms with Crippen molar-refractivity contribution in [3.05, 3.63) is 40.9 Å². The number of nitrogens with zero attached hydrogens (tertiary/aromatic N) is 2. The van der Waals surface area contributed by atoms with E-state index < -0.39 is 0 Å². The minimum absolute atomic E-state index is 0. The number of amides is 1. The smallest absolute Gasteiger partial charge is 0.257 e. The summed E-state index contributed by atoms with van der Waals surface area (Å²) in [5.41, 5.74) is 7.89. The van der Waals surface area contributed by atoms with E-state index in [4.69, 9.17) is 5.73 Å². The predicted molar refractivity (Wildman–Crippen MR) is 102 cm³/mol. The van der Waals surface area contributed by atoms with E-state index in [9.17, 15) is 4.79 Å². The molecule has 0 spiro atoms. The lowest BCUT2D eigenvalue weighted by molar-refractivity contribution is 0.102. The van der Waals surface area contributed by atoms with Gasteiger partial charge in [0.1, 0.15) is 0 Å². The van der Waals surface area contributed by atoms with Crippen LogP contribution in [0.2, 0.25) is 0 Å². The molecule has 1 fully saturated rings. The third kappa shape index (κ3) is 4.93. The topological polar surface area (TPSA) is 71.2 Å². The van der Waals surface area contributed by atoms with Crippen LogP contribution in [0.3, 0.4) is 0 Å². The van der Waals surface area contributed by atoms with Crippen LogP contribution in [-0.2, 0) is 6.54 Å². The second-order valence-corrected chi connectivity index (χ2v) is 7.04. The van der Waals surface area contributed by atoms with Crippen LogP contribution in [0.4, 0.5) is 10.8 Å². The Kier molecular flexibility index (Phi) is 6.60. The number of piperidine rings is 1. The van der Waals surface area contributed by atoms with E-state index in [2.05, 4.69) is 22.1 Å². The van der Waals surface area contributed by atoms with Gasteiger partial charge in [0.25, 0.3) is 5.91 Å². The SMILES string of the molecule is CC1CCN(Cc2csc(NC(=O)c3ccc(N)cc3)n2)CC1.Cl. The number of nitrogen functional groups attached to an aromatic ring is 1. The molecule has 2 heterocycles. The van der Waals surface area contributed by atoms with Gasteiger partial charge in [-0.25, -0.2) is 4.98 Å². The number of carbonyl (C=O) groups excluding carboxylic acids is 1. The van der Waals surface area contributed by atoms with Crippen molar-refractivity contribution < 1.29 is 4.79 Å². The van der Waals surface area contributed by atoms with Crippen molar-refractivity contribution in [1.29, 1.82) is 0 Å². The molecule has 1 saturated heterocycles. The molecule has 1 aliphatic rings. The van der Waals surface area contributed by atoms with Crippen molar-refractivity contribution >= 4 is 40.5 Å². The third-order valence-electron chi connectivity index (χ3n) is 4.21. The Morgan fingerprint density at radius 3 is 2.67 bits per heavy atom. The third-order valence-corrected chi connectivity index (χ3v) is 5.01. The number of nitrogens with one attached hydrogen (secondary N) is 1. The number of carbonyl (C=O) groups is 1. The molecule has 1 amide bonds. The summed E-state index contributed by atoms with van der Waals surface area (Å²) in [6.07, 6.45) is 2.51. The maximum atomic E-state index is 12.2. The van der Waals surface area contributed by atoms with E-state index in [1.54, 1.807) is 24.3 Å². The van der Waals surface area contributed by atoms with Crippen LogP contribution in [0, 0.1) is 5.92 Å². The highest BCUT2D eigenvalue weighted by molar-refractivity contribution is 7.13. The molecular weight excluding hydrogens is 344 g/mol. The Bertz CT molecular complexity index is 665. The number of likely N-dealkylation sites (tertiary alicyclic amines) is 1. The normalized spacial score (nSPS) is 15.7. The minimum Gasteiger partial charge on any atom is -0.399 e. The number of thiazole rings is 1. The molecule has 0 atom stereocenters. The molecular formula is C17H23ClN4OS. The fourth-order valence-electron chi connectivity index (χ4n) is 2.69. The van der Waals surface area contributed by atoms with Gasteiger partial charge in [-0.1, -0.05) is 6.92 Å². The predicted octanol–water partition coefficient (Wildman–Crippen LogP) is 3.63. The Hall–Kier alpha value is -1.63. The first-order chi connectivity index (χ1) is 11.1. The largest absolute Gasteiger partial charge is 0.399 e. The van der Waals surface area contributed by atoms with Gasteiger partial charge in [0, 0.05) is 23.2 Å². The van der Waals surface area contributed by atoms with Crippen molar-refractivity contribution in [2.75, 3.05) is 24.1 Å². The summed E-state index contributed by atoms with van der Waals surface area (Å²) in [6, 6.07) is 6.88. The van der Waals surface area contributed by atoms with Gasteiger partial charge in [0.05, 0.1) is 5.69 Å². The summed E-state index contributed by atoms with van der Waals surface area (Å²) in [5.74, 6) is 0.675. The van der Waals surface area contributed by atoms with E-state index in [-0.39, 0.29) is 18.3 Å². The molecule has 0 unspecified atom stereocenters. The first kappa shape index (κ1) is 18.7. The Balaban J connectivity index is 0.00000208. The van der Waals surface area contributed by atoms with Gasteiger partial charge >= 0.3 is 0 Å². The second-order valence-electron chi connectivity index (χ2n) is 6.18. The van der Waals surface area contributed by atoms with E-state index in [0.29, 0.717) is 16.4 Å². The highest BCUT2D eigenvalue weighted by Gasteiger charge is 2.17. The number of benzene rings is 1. The van der Waals surface area contributed by atoms with Gasteiger partial charge < -0.3 is 5.73 Å². The van der Waals surface area contributed by atoms with Crippen molar-refractivity contribution in [2.24, 2.45) is 5.92 Å². The van der Waals surface area contributed by atoms with Crippen LogP contribution in [0.15, 0.2) is 29.6 Å². The number of aromatic nitrogens is 1. The van der Waals surface area contributed by atoms with Gasteiger partial charge in [-0.2, -0.15) is 0 Å². The number of anilines is 2. The summed E-state index contributed by atoms with van der Waals surface area (Å²) in [5, 5.41) is 5.52. The van der Waals surface area contributed by atoms with Crippen molar-refractivity contribution in [3.8, 4) is 0 Å².